The minimum absolute atomic E-state index is 0.0916. The van der Waals surface area contributed by atoms with Gasteiger partial charge in [0.25, 0.3) is 5.56 Å². The quantitative estimate of drug-likeness (QED) is 0.390. The number of aryl methyl sites for hydroxylation is 3. The maximum atomic E-state index is 12.5. The summed E-state index contributed by atoms with van der Waals surface area (Å²) in [5, 5.41) is 0.885. The summed E-state index contributed by atoms with van der Waals surface area (Å²) in [6.45, 7) is 7.07. The highest BCUT2D eigenvalue weighted by Crippen LogP contribution is 2.24. The summed E-state index contributed by atoms with van der Waals surface area (Å²) in [6, 6.07) is 6.93. The Hall–Kier alpha value is -3.62. The average molecular weight is 453 g/mol. The van der Waals surface area contributed by atoms with E-state index in [1.165, 1.54) is 10.6 Å². The molecule has 0 atom stereocenters. The van der Waals surface area contributed by atoms with Gasteiger partial charge in [-0.1, -0.05) is 26.7 Å². The molecule has 0 aliphatic heterocycles. The Balaban J connectivity index is 1.70. The van der Waals surface area contributed by atoms with E-state index in [0.29, 0.717) is 41.4 Å². The molecule has 0 bridgehead atoms. The van der Waals surface area contributed by atoms with Crippen LogP contribution in [0.4, 0.5) is 0 Å². The molecule has 0 aliphatic carbocycles. The van der Waals surface area contributed by atoms with Gasteiger partial charge in [0, 0.05) is 30.6 Å². The van der Waals surface area contributed by atoms with E-state index >= 15 is 0 Å². The van der Waals surface area contributed by atoms with E-state index in [4.69, 9.17) is 9.15 Å². The van der Waals surface area contributed by atoms with Gasteiger partial charge < -0.3 is 13.7 Å². The first-order valence-corrected chi connectivity index (χ1v) is 11.4. The second kappa shape index (κ2) is 9.48. The van der Waals surface area contributed by atoms with Crippen molar-refractivity contribution in [1.82, 2.24) is 19.1 Å². The number of rotatable bonds is 9. The van der Waals surface area contributed by atoms with Gasteiger partial charge in [0.1, 0.15) is 23.8 Å². The first-order valence-electron chi connectivity index (χ1n) is 11.4. The monoisotopic (exact) mass is 452 g/mol. The minimum atomic E-state index is -0.459. The van der Waals surface area contributed by atoms with Crippen LogP contribution in [0.15, 0.2) is 43.1 Å². The second-order valence-electron chi connectivity index (χ2n) is 8.00. The molecule has 1 aromatic carbocycles. The van der Waals surface area contributed by atoms with Crippen molar-refractivity contribution in [3.63, 3.8) is 0 Å². The van der Waals surface area contributed by atoms with Gasteiger partial charge in [0.2, 0.25) is 0 Å². The Morgan fingerprint density at radius 2 is 1.88 bits per heavy atom. The molecule has 4 aromatic rings. The van der Waals surface area contributed by atoms with Crippen LogP contribution in [0, 0.1) is 0 Å². The van der Waals surface area contributed by atoms with Crippen molar-refractivity contribution in [1.29, 1.82) is 0 Å². The number of ether oxygens (including phenoxy) is 1. The fraction of sp³-hybridized carbons (Fsp3) is 0.417. The van der Waals surface area contributed by atoms with Crippen LogP contribution in [0.1, 0.15) is 51.4 Å². The van der Waals surface area contributed by atoms with Gasteiger partial charge in [0.15, 0.2) is 11.2 Å². The number of nitrogens with zero attached hydrogens (tertiary/aromatic N) is 3. The summed E-state index contributed by atoms with van der Waals surface area (Å²) in [4.78, 5) is 43.8. The molecule has 33 heavy (non-hydrogen) atoms. The maximum Gasteiger partial charge on any atom is 0.336 e. The van der Waals surface area contributed by atoms with Crippen molar-refractivity contribution in [2.75, 3.05) is 0 Å². The van der Waals surface area contributed by atoms with E-state index in [9.17, 15) is 14.4 Å². The standard InChI is InChI=1S/C24H28N4O5/c1-4-7-11-28-22-21(23(30)26-24(28)31)27(6-3)19(25-22)14-32-16-9-10-17-15(8-5-2)12-20(29)33-18(17)13-16/h9-10,12-13H,4-8,11,14H2,1-3H3,(H,26,30,31). The highest BCUT2D eigenvalue weighted by Gasteiger charge is 2.18. The highest BCUT2D eigenvalue weighted by atomic mass is 16.5. The molecule has 0 spiro atoms. The Labute approximate surface area is 189 Å². The highest BCUT2D eigenvalue weighted by molar-refractivity contribution is 5.81. The third kappa shape index (κ3) is 4.35. The van der Waals surface area contributed by atoms with E-state index in [0.717, 1.165) is 36.6 Å². The van der Waals surface area contributed by atoms with E-state index in [1.54, 1.807) is 10.6 Å². The molecule has 3 heterocycles. The first-order chi connectivity index (χ1) is 16.0. The van der Waals surface area contributed by atoms with Crippen LogP contribution in [-0.4, -0.2) is 19.1 Å². The molecule has 0 unspecified atom stereocenters. The normalized spacial score (nSPS) is 11.5. The molecule has 9 heteroatoms. The van der Waals surface area contributed by atoms with E-state index < -0.39 is 11.2 Å². The van der Waals surface area contributed by atoms with Crippen LogP contribution in [0.2, 0.25) is 0 Å². The lowest BCUT2D eigenvalue weighted by molar-refractivity contribution is 0.290. The Bertz CT molecular complexity index is 1470. The van der Waals surface area contributed by atoms with Crippen LogP contribution >= 0.6 is 0 Å². The molecule has 0 amide bonds. The second-order valence-corrected chi connectivity index (χ2v) is 8.00. The third-order valence-corrected chi connectivity index (χ3v) is 5.71. The molecular weight excluding hydrogens is 424 g/mol. The van der Waals surface area contributed by atoms with Gasteiger partial charge >= 0.3 is 11.3 Å². The van der Waals surface area contributed by atoms with E-state index in [2.05, 4.69) is 16.9 Å². The van der Waals surface area contributed by atoms with Crippen LogP contribution in [0.5, 0.6) is 5.75 Å². The number of imidazole rings is 1. The number of hydrogen-bond acceptors (Lipinski definition) is 6. The molecule has 4 rings (SSSR count). The van der Waals surface area contributed by atoms with E-state index in [1.807, 2.05) is 26.0 Å². The van der Waals surface area contributed by atoms with Crippen molar-refractivity contribution >= 4 is 22.1 Å². The fourth-order valence-corrected chi connectivity index (χ4v) is 4.12. The lowest BCUT2D eigenvalue weighted by Gasteiger charge is -2.09. The fourth-order valence-electron chi connectivity index (χ4n) is 4.12. The number of fused-ring (bicyclic) bond motifs is 2. The molecule has 174 valence electrons. The summed E-state index contributed by atoms with van der Waals surface area (Å²) in [6.07, 6.45) is 3.42. The Morgan fingerprint density at radius 1 is 1.06 bits per heavy atom. The number of unbranched alkanes of at least 4 members (excludes halogenated alkanes) is 1. The molecule has 0 aliphatic rings. The molecular formula is C24H28N4O5. The maximum absolute atomic E-state index is 12.5. The zero-order valence-corrected chi connectivity index (χ0v) is 19.1. The number of H-pyrrole nitrogens is 1. The summed E-state index contributed by atoms with van der Waals surface area (Å²) < 4.78 is 14.6. The van der Waals surface area contributed by atoms with Crippen molar-refractivity contribution < 1.29 is 9.15 Å². The molecule has 0 saturated heterocycles. The first kappa shape index (κ1) is 22.6. The summed E-state index contributed by atoms with van der Waals surface area (Å²) in [5.41, 5.74) is 0.845. The number of hydrogen-bond donors (Lipinski definition) is 1. The zero-order chi connectivity index (χ0) is 23.5. The van der Waals surface area contributed by atoms with Gasteiger partial charge in [-0.05, 0) is 37.5 Å². The smallest absolute Gasteiger partial charge is 0.336 e. The summed E-state index contributed by atoms with van der Waals surface area (Å²) in [5.74, 6) is 1.06. The van der Waals surface area contributed by atoms with Crippen LogP contribution in [0.25, 0.3) is 22.1 Å². The van der Waals surface area contributed by atoms with Gasteiger partial charge in [0.05, 0.1) is 0 Å². The molecule has 0 fully saturated rings. The predicted molar refractivity (Wildman–Crippen MR) is 126 cm³/mol. The number of benzene rings is 1. The Morgan fingerprint density at radius 3 is 2.61 bits per heavy atom. The van der Waals surface area contributed by atoms with Gasteiger partial charge in [-0.3, -0.25) is 14.3 Å². The van der Waals surface area contributed by atoms with Gasteiger partial charge in [-0.2, -0.15) is 0 Å². The average Bonchev–Trinajstić information content (AvgIpc) is 3.16. The molecule has 3 aromatic heterocycles. The lowest BCUT2D eigenvalue weighted by Crippen LogP contribution is -2.31. The lowest BCUT2D eigenvalue weighted by atomic mass is 10.1. The van der Waals surface area contributed by atoms with Crippen LogP contribution < -0.4 is 21.6 Å². The van der Waals surface area contributed by atoms with Crippen LogP contribution in [0.3, 0.4) is 0 Å². The third-order valence-electron chi connectivity index (χ3n) is 5.71. The van der Waals surface area contributed by atoms with Gasteiger partial charge in [-0.25, -0.2) is 14.6 Å². The predicted octanol–water partition coefficient (Wildman–Crippen LogP) is 3.34. The molecule has 1 N–H and O–H groups in total. The SMILES string of the molecule is CCCCn1c(=O)[nH]c(=O)c2c1nc(COc1ccc3c(CCC)cc(=O)oc3c1)n2CC. The Kier molecular flexibility index (Phi) is 6.48. The molecule has 0 radical (unpaired) electrons. The topological polar surface area (TPSA) is 112 Å². The minimum Gasteiger partial charge on any atom is -0.486 e. The van der Waals surface area contributed by atoms with Crippen molar-refractivity contribution in [3.8, 4) is 5.75 Å². The summed E-state index contributed by atoms with van der Waals surface area (Å²) >= 11 is 0. The number of aromatic amines is 1. The summed E-state index contributed by atoms with van der Waals surface area (Å²) in [7, 11) is 0. The van der Waals surface area contributed by atoms with Crippen molar-refractivity contribution in [3.05, 3.63) is 66.9 Å². The van der Waals surface area contributed by atoms with Crippen LogP contribution in [-0.2, 0) is 26.1 Å². The largest absolute Gasteiger partial charge is 0.486 e. The van der Waals surface area contributed by atoms with Crippen molar-refractivity contribution in [2.45, 2.75) is 66.2 Å². The van der Waals surface area contributed by atoms with Gasteiger partial charge in [-0.15, -0.1) is 0 Å². The number of aromatic nitrogens is 4. The molecule has 0 saturated carbocycles. The molecule has 9 nitrogen and oxygen atoms in total. The van der Waals surface area contributed by atoms with Crippen molar-refractivity contribution in [2.24, 2.45) is 0 Å². The number of nitrogens with one attached hydrogen (secondary N) is 1. The van der Waals surface area contributed by atoms with E-state index in [-0.39, 0.29) is 12.2 Å². The zero-order valence-electron chi connectivity index (χ0n) is 19.1.